The molecule has 8 nitrogen and oxygen atoms in total. The fraction of sp³-hybridized carbons (Fsp3) is 0.257. The van der Waals surface area contributed by atoms with Crippen molar-refractivity contribution >= 4 is 62.3 Å². The predicted octanol–water partition coefficient (Wildman–Crippen LogP) is 7.41. The van der Waals surface area contributed by atoms with Crippen molar-refractivity contribution in [3.05, 3.63) is 123 Å². The van der Waals surface area contributed by atoms with Gasteiger partial charge in [-0.2, -0.15) is 0 Å². The van der Waals surface area contributed by atoms with Crippen molar-refractivity contribution in [3.8, 4) is 5.75 Å². The van der Waals surface area contributed by atoms with Gasteiger partial charge in [0.05, 0.1) is 17.7 Å². The highest BCUT2D eigenvalue weighted by atomic mass is 35.5. The maximum absolute atomic E-state index is 14.7. The van der Waals surface area contributed by atoms with Crippen LogP contribution in [0.3, 0.4) is 0 Å². The number of anilines is 1. The lowest BCUT2D eigenvalue weighted by molar-refractivity contribution is -0.140. The van der Waals surface area contributed by atoms with Crippen molar-refractivity contribution < 1.29 is 22.7 Å². The Balaban J connectivity index is 1.89. The van der Waals surface area contributed by atoms with Crippen LogP contribution >= 0.6 is 34.8 Å². The first-order chi connectivity index (χ1) is 22.2. The molecule has 12 heteroatoms. The predicted molar refractivity (Wildman–Crippen MR) is 188 cm³/mol. The van der Waals surface area contributed by atoms with Crippen LogP contribution in [0.2, 0.25) is 15.1 Å². The normalized spacial score (nSPS) is 12.2. The number of sulfonamides is 1. The standard InChI is InChI=1S/C35H36Cl3N3O5S/c1-35(2,3)39-34(43)31(20-24-12-7-5-8-13-24)40(22-27-28(37)16-11-17-29(27)38)33(42)23-41(30-21-25(36)18-19-32(30)46-4)47(44,45)26-14-9-6-10-15-26/h5-19,21,31H,20,22-23H2,1-4H3,(H,39,43)/t31-/m0/s1. The highest BCUT2D eigenvalue weighted by Gasteiger charge is 2.37. The van der Waals surface area contributed by atoms with E-state index in [1.54, 1.807) is 42.5 Å². The summed E-state index contributed by atoms with van der Waals surface area (Å²) in [5.41, 5.74) is 0.602. The molecular weight excluding hydrogens is 681 g/mol. The Hall–Kier alpha value is -3.76. The lowest BCUT2D eigenvalue weighted by atomic mass is 10.0. The van der Waals surface area contributed by atoms with Crippen LogP contribution in [0.1, 0.15) is 31.9 Å². The van der Waals surface area contributed by atoms with E-state index in [1.807, 2.05) is 51.1 Å². The van der Waals surface area contributed by atoms with E-state index in [1.165, 1.54) is 36.3 Å². The number of amides is 2. The number of nitrogens with zero attached hydrogens (tertiary/aromatic N) is 2. The summed E-state index contributed by atoms with van der Waals surface area (Å²) in [6.07, 6.45) is 0.127. The van der Waals surface area contributed by atoms with Gasteiger partial charge in [0, 0.05) is 39.1 Å². The fourth-order valence-electron chi connectivity index (χ4n) is 4.95. The van der Waals surface area contributed by atoms with E-state index in [9.17, 15) is 18.0 Å². The number of carbonyl (C=O) groups excluding carboxylic acids is 2. The van der Waals surface area contributed by atoms with E-state index < -0.39 is 40.0 Å². The molecular formula is C35H36Cl3N3O5S. The summed E-state index contributed by atoms with van der Waals surface area (Å²) in [6.45, 7) is 4.62. The number of methoxy groups -OCH3 is 1. The zero-order chi connectivity index (χ0) is 34.4. The first-order valence-electron chi connectivity index (χ1n) is 14.7. The van der Waals surface area contributed by atoms with Crippen molar-refractivity contribution in [2.45, 2.75) is 50.2 Å². The number of hydrogen-bond acceptors (Lipinski definition) is 5. The van der Waals surface area contributed by atoms with Gasteiger partial charge in [-0.25, -0.2) is 8.42 Å². The lowest BCUT2D eigenvalue weighted by Gasteiger charge is -2.35. The molecule has 0 saturated heterocycles. The van der Waals surface area contributed by atoms with Crippen LogP contribution in [-0.4, -0.2) is 50.4 Å². The molecule has 0 heterocycles. The molecule has 0 aliphatic heterocycles. The Kier molecular flexibility index (Phi) is 11.8. The van der Waals surface area contributed by atoms with Crippen LogP contribution in [0.15, 0.2) is 102 Å². The Labute approximate surface area is 291 Å². The van der Waals surface area contributed by atoms with Gasteiger partial charge >= 0.3 is 0 Å². The maximum atomic E-state index is 14.7. The van der Waals surface area contributed by atoms with E-state index in [0.717, 1.165) is 9.87 Å². The first kappa shape index (κ1) is 36.1. The van der Waals surface area contributed by atoms with Gasteiger partial charge in [-0.15, -0.1) is 0 Å². The molecule has 0 bridgehead atoms. The molecule has 0 aliphatic rings. The minimum absolute atomic E-state index is 0.0479. The van der Waals surface area contributed by atoms with Crippen molar-refractivity contribution in [2.75, 3.05) is 18.0 Å². The number of hydrogen-bond donors (Lipinski definition) is 1. The Morgan fingerprint density at radius 1 is 0.851 bits per heavy atom. The smallest absolute Gasteiger partial charge is 0.264 e. The second-order valence-corrected chi connectivity index (χ2v) is 14.9. The lowest BCUT2D eigenvalue weighted by Crippen LogP contribution is -2.56. The molecule has 4 aromatic carbocycles. The third-order valence-electron chi connectivity index (χ3n) is 7.18. The summed E-state index contributed by atoms with van der Waals surface area (Å²) < 4.78 is 35.0. The second-order valence-electron chi connectivity index (χ2n) is 11.8. The van der Waals surface area contributed by atoms with Crippen LogP contribution in [0.5, 0.6) is 5.75 Å². The van der Waals surface area contributed by atoms with Gasteiger partial charge in [0.2, 0.25) is 11.8 Å². The topological polar surface area (TPSA) is 96.0 Å². The summed E-state index contributed by atoms with van der Waals surface area (Å²) in [5, 5.41) is 3.79. The van der Waals surface area contributed by atoms with Gasteiger partial charge in [-0.3, -0.25) is 13.9 Å². The van der Waals surface area contributed by atoms with Crippen molar-refractivity contribution in [1.82, 2.24) is 10.2 Å². The summed E-state index contributed by atoms with van der Waals surface area (Å²) in [5.74, 6) is -0.947. The molecule has 0 unspecified atom stereocenters. The van der Waals surface area contributed by atoms with Crippen molar-refractivity contribution in [2.24, 2.45) is 0 Å². The maximum Gasteiger partial charge on any atom is 0.264 e. The van der Waals surface area contributed by atoms with Crippen LogP contribution < -0.4 is 14.4 Å². The Bertz CT molecular complexity index is 1800. The number of ether oxygens (including phenoxy) is 1. The number of benzene rings is 4. The summed E-state index contributed by atoms with van der Waals surface area (Å²) in [4.78, 5) is 30.0. The van der Waals surface area contributed by atoms with Crippen LogP contribution in [0, 0.1) is 0 Å². The highest BCUT2D eigenvalue weighted by Crippen LogP contribution is 2.35. The van der Waals surface area contributed by atoms with E-state index >= 15 is 0 Å². The highest BCUT2D eigenvalue weighted by molar-refractivity contribution is 7.92. The van der Waals surface area contributed by atoms with Gasteiger partial charge in [-0.1, -0.05) is 89.4 Å². The number of rotatable bonds is 12. The summed E-state index contributed by atoms with van der Waals surface area (Å²) >= 11 is 19.5. The molecule has 47 heavy (non-hydrogen) atoms. The summed E-state index contributed by atoms with van der Waals surface area (Å²) in [7, 11) is -2.97. The minimum Gasteiger partial charge on any atom is -0.495 e. The third-order valence-corrected chi connectivity index (χ3v) is 9.90. The van der Waals surface area contributed by atoms with E-state index in [2.05, 4.69) is 5.32 Å². The molecule has 0 saturated carbocycles. The Morgan fingerprint density at radius 3 is 2.02 bits per heavy atom. The fourth-order valence-corrected chi connectivity index (χ4v) is 7.07. The molecule has 0 aromatic heterocycles. The van der Waals surface area contributed by atoms with E-state index in [4.69, 9.17) is 39.5 Å². The van der Waals surface area contributed by atoms with Gasteiger partial charge in [0.15, 0.2) is 0 Å². The number of carbonyl (C=O) groups is 2. The SMILES string of the molecule is COc1ccc(Cl)cc1N(CC(=O)N(Cc1c(Cl)cccc1Cl)[C@@H](Cc1ccccc1)C(=O)NC(C)(C)C)S(=O)(=O)c1ccccc1. The molecule has 4 aromatic rings. The monoisotopic (exact) mass is 715 g/mol. The molecule has 0 spiro atoms. The van der Waals surface area contributed by atoms with Crippen LogP contribution in [-0.2, 0) is 32.6 Å². The molecule has 1 atom stereocenters. The molecule has 1 N–H and O–H groups in total. The largest absolute Gasteiger partial charge is 0.495 e. The first-order valence-corrected chi connectivity index (χ1v) is 17.3. The third kappa shape index (κ3) is 9.20. The zero-order valence-corrected chi connectivity index (χ0v) is 29.5. The van der Waals surface area contributed by atoms with Crippen molar-refractivity contribution in [1.29, 1.82) is 0 Å². The molecule has 4 rings (SSSR count). The van der Waals surface area contributed by atoms with Crippen LogP contribution in [0.25, 0.3) is 0 Å². The van der Waals surface area contributed by atoms with E-state index in [0.29, 0.717) is 5.56 Å². The van der Waals surface area contributed by atoms with Gasteiger partial charge in [0.25, 0.3) is 10.0 Å². The Morgan fingerprint density at radius 2 is 1.45 bits per heavy atom. The number of halogens is 3. The molecule has 0 radical (unpaired) electrons. The second kappa shape index (κ2) is 15.4. The average Bonchev–Trinajstić information content (AvgIpc) is 3.02. The quantitative estimate of drug-likeness (QED) is 0.165. The number of nitrogens with one attached hydrogen (secondary N) is 1. The van der Waals surface area contributed by atoms with Crippen molar-refractivity contribution in [3.63, 3.8) is 0 Å². The van der Waals surface area contributed by atoms with E-state index in [-0.39, 0.29) is 44.4 Å². The van der Waals surface area contributed by atoms with Gasteiger partial charge in [-0.05, 0) is 68.8 Å². The van der Waals surface area contributed by atoms with Gasteiger partial charge in [0.1, 0.15) is 18.3 Å². The molecule has 0 fully saturated rings. The molecule has 0 aliphatic carbocycles. The van der Waals surface area contributed by atoms with Crippen LogP contribution in [0.4, 0.5) is 5.69 Å². The molecule has 2 amide bonds. The zero-order valence-electron chi connectivity index (χ0n) is 26.4. The molecule has 248 valence electrons. The average molecular weight is 717 g/mol. The van der Waals surface area contributed by atoms with Gasteiger partial charge < -0.3 is 15.0 Å². The summed E-state index contributed by atoms with van der Waals surface area (Å²) in [6, 6.07) is 25.3. The minimum atomic E-state index is -4.36.